The molecule has 3 heteroatoms. The molecule has 1 rings (SSSR count). The summed E-state index contributed by atoms with van der Waals surface area (Å²) in [6.07, 6.45) is 3.45. The molecule has 64 valence electrons. The van der Waals surface area contributed by atoms with Crippen molar-refractivity contribution < 1.29 is 14.6 Å². The second kappa shape index (κ2) is 3.85. The Labute approximate surface area is 66.6 Å². The van der Waals surface area contributed by atoms with Crippen molar-refractivity contribution in [3.8, 4) is 0 Å². The van der Waals surface area contributed by atoms with E-state index in [0.29, 0.717) is 0 Å². The molecule has 0 unspecified atom stereocenters. The quantitative estimate of drug-likeness (QED) is 0.596. The Hall–Kier alpha value is -0.380. The molecule has 0 saturated carbocycles. The summed E-state index contributed by atoms with van der Waals surface area (Å²) in [5, 5.41) is 8.86. The van der Waals surface area contributed by atoms with E-state index in [1.165, 1.54) is 0 Å². The summed E-state index contributed by atoms with van der Waals surface area (Å²) in [5.74, 6) is 0.270. The molecule has 3 nitrogen and oxygen atoms in total. The topological polar surface area (TPSA) is 38.7 Å². The molecule has 0 spiro atoms. The summed E-state index contributed by atoms with van der Waals surface area (Å²) in [7, 11) is 1.58. The van der Waals surface area contributed by atoms with Gasteiger partial charge in [0.2, 0.25) is 0 Å². The third kappa shape index (κ3) is 2.02. The van der Waals surface area contributed by atoms with Crippen molar-refractivity contribution in [2.24, 2.45) is 5.92 Å². The fourth-order valence-corrected chi connectivity index (χ4v) is 1.07. The molecule has 1 aliphatic rings. The monoisotopic (exact) mass is 158 g/mol. The summed E-state index contributed by atoms with van der Waals surface area (Å²) in [5.41, 5.74) is 0. The highest BCUT2D eigenvalue weighted by molar-refractivity contribution is 4.97. The van der Waals surface area contributed by atoms with Crippen LogP contribution in [-0.2, 0) is 9.47 Å². The molecule has 0 bridgehead atoms. The summed E-state index contributed by atoms with van der Waals surface area (Å²) in [4.78, 5) is 0. The zero-order chi connectivity index (χ0) is 8.27. The SMILES string of the molecule is CO[C@@H]1C=C[C@H](C)[C@@H](CO)O1. The van der Waals surface area contributed by atoms with Crippen LogP contribution in [-0.4, -0.2) is 31.2 Å². The number of rotatable bonds is 2. The van der Waals surface area contributed by atoms with Gasteiger partial charge in [-0.05, 0) is 6.08 Å². The molecule has 1 N–H and O–H groups in total. The van der Waals surface area contributed by atoms with Crippen LogP contribution in [0.4, 0.5) is 0 Å². The first-order valence-corrected chi connectivity index (χ1v) is 3.75. The van der Waals surface area contributed by atoms with Gasteiger partial charge in [-0.1, -0.05) is 13.0 Å². The lowest BCUT2D eigenvalue weighted by Gasteiger charge is -2.28. The van der Waals surface area contributed by atoms with Crippen LogP contribution in [0.15, 0.2) is 12.2 Å². The van der Waals surface area contributed by atoms with E-state index in [1.54, 1.807) is 7.11 Å². The molecule has 3 atom stereocenters. The third-order valence-corrected chi connectivity index (χ3v) is 1.88. The Kier molecular flexibility index (Phi) is 3.05. The number of hydrogen-bond donors (Lipinski definition) is 1. The van der Waals surface area contributed by atoms with E-state index in [0.717, 1.165) is 0 Å². The molecule has 0 saturated heterocycles. The van der Waals surface area contributed by atoms with E-state index in [9.17, 15) is 0 Å². The van der Waals surface area contributed by atoms with E-state index >= 15 is 0 Å². The zero-order valence-corrected chi connectivity index (χ0v) is 6.86. The fraction of sp³-hybridized carbons (Fsp3) is 0.750. The second-order valence-corrected chi connectivity index (χ2v) is 2.71. The van der Waals surface area contributed by atoms with Crippen LogP contribution >= 0.6 is 0 Å². The molecule has 1 heterocycles. The van der Waals surface area contributed by atoms with E-state index in [4.69, 9.17) is 14.6 Å². The minimum absolute atomic E-state index is 0.0470. The molecule has 0 aliphatic carbocycles. The van der Waals surface area contributed by atoms with Crippen LogP contribution in [0, 0.1) is 5.92 Å². The predicted octanol–water partition coefficient (Wildman–Crippen LogP) is 0.542. The van der Waals surface area contributed by atoms with Gasteiger partial charge in [-0.15, -0.1) is 0 Å². The Morgan fingerprint density at radius 3 is 2.82 bits per heavy atom. The van der Waals surface area contributed by atoms with Crippen molar-refractivity contribution in [2.45, 2.75) is 19.3 Å². The van der Waals surface area contributed by atoms with Gasteiger partial charge in [0.05, 0.1) is 12.7 Å². The number of hydrogen-bond acceptors (Lipinski definition) is 3. The van der Waals surface area contributed by atoms with E-state index < -0.39 is 0 Å². The van der Waals surface area contributed by atoms with Gasteiger partial charge < -0.3 is 14.6 Å². The van der Waals surface area contributed by atoms with Crippen molar-refractivity contribution in [1.82, 2.24) is 0 Å². The van der Waals surface area contributed by atoms with Crippen LogP contribution in [0.25, 0.3) is 0 Å². The normalized spacial score (nSPS) is 37.5. The highest BCUT2D eigenvalue weighted by Gasteiger charge is 2.22. The maximum absolute atomic E-state index is 8.86. The summed E-state index contributed by atoms with van der Waals surface area (Å²) >= 11 is 0. The second-order valence-electron chi connectivity index (χ2n) is 2.71. The lowest BCUT2D eigenvalue weighted by molar-refractivity contribution is -0.153. The van der Waals surface area contributed by atoms with E-state index in [2.05, 4.69) is 0 Å². The van der Waals surface area contributed by atoms with Gasteiger partial charge in [0, 0.05) is 13.0 Å². The summed E-state index contributed by atoms with van der Waals surface area (Å²) < 4.78 is 10.3. The standard InChI is InChI=1S/C8H14O3/c1-6-3-4-8(10-2)11-7(6)5-9/h3-4,6-9H,5H2,1-2H3/t6-,7+,8-/m0/s1. The molecule has 0 aromatic carbocycles. The molecule has 1 aliphatic heterocycles. The van der Waals surface area contributed by atoms with Gasteiger partial charge in [0.25, 0.3) is 0 Å². The van der Waals surface area contributed by atoms with Gasteiger partial charge in [-0.3, -0.25) is 0 Å². The van der Waals surface area contributed by atoms with Crippen LogP contribution < -0.4 is 0 Å². The fourth-order valence-electron chi connectivity index (χ4n) is 1.07. The average molecular weight is 158 g/mol. The van der Waals surface area contributed by atoms with Crippen LogP contribution in [0.5, 0.6) is 0 Å². The molecule has 0 amide bonds. The lowest BCUT2D eigenvalue weighted by Crippen LogP contribution is -2.33. The first kappa shape index (κ1) is 8.71. The van der Waals surface area contributed by atoms with Crippen LogP contribution in [0.3, 0.4) is 0 Å². The zero-order valence-electron chi connectivity index (χ0n) is 6.86. The average Bonchev–Trinajstić information content (AvgIpc) is 2.05. The van der Waals surface area contributed by atoms with Gasteiger partial charge in [-0.25, -0.2) is 0 Å². The largest absolute Gasteiger partial charge is 0.394 e. The smallest absolute Gasteiger partial charge is 0.176 e. The Morgan fingerprint density at radius 2 is 2.27 bits per heavy atom. The summed E-state index contributed by atoms with van der Waals surface area (Å²) in [6.45, 7) is 2.05. The van der Waals surface area contributed by atoms with E-state index in [-0.39, 0.29) is 24.9 Å². The minimum Gasteiger partial charge on any atom is -0.394 e. The van der Waals surface area contributed by atoms with Gasteiger partial charge in [0.1, 0.15) is 0 Å². The van der Waals surface area contributed by atoms with Gasteiger partial charge >= 0.3 is 0 Å². The predicted molar refractivity (Wildman–Crippen MR) is 41.1 cm³/mol. The van der Waals surface area contributed by atoms with Crippen molar-refractivity contribution in [2.75, 3.05) is 13.7 Å². The molecule has 0 aromatic heterocycles. The van der Waals surface area contributed by atoms with Crippen molar-refractivity contribution in [3.05, 3.63) is 12.2 Å². The maximum atomic E-state index is 8.86. The molecule has 0 radical (unpaired) electrons. The number of aliphatic hydroxyl groups excluding tert-OH is 1. The highest BCUT2D eigenvalue weighted by atomic mass is 16.7. The van der Waals surface area contributed by atoms with Crippen molar-refractivity contribution in [3.63, 3.8) is 0 Å². The number of aliphatic hydroxyl groups is 1. The van der Waals surface area contributed by atoms with Crippen LogP contribution in [0.2, 0.25) is 0 Å². The Morgan fingerprint density at radius 1 is 1.55 bits per heavy atom. The molecule has 0 aromatic rings. The first-order chi connectivity index (χ1) is 5.27. The maximum Gasteiger partial charge on any atom is 0.176 e. The summed E-state index contributed by atoms with van der Waals surface area (Å²) in [6, 6.07) is 0. The molecular weight excluding hydrogens is 144 g/mol. The molecule has 0 fully saturated rings. The number of methoxy groups -OCH3 is 1. The van der Waals surface area contributed by atoms with Gasteiger partial charge in [-0.2, -0.15) is 0 Å². The number of ether oxygens (including phenoxy) is 2. The van der Waals surface area contributed by atoms with Crippen molar-refractivity contribution >= 4 is 0 Å². The molecular formula is C8H14O3. The minimum atomic E-state index is -0.289. The first-order valence-electron chi connectivity index (χ1n) is 3.75. The van der Waals surface area contributed by atoms with E-state index in [1.807, 2.05) is 19.1 Å². The molecule has 11 heavy (non-hydrogen) atoms. The Balaban J connectivity index is 2.52. The third-order valence-electron chi connectivity index (χ3n) is 1.88. The van der Waals surface area contributed by atoms with Crippen molar-refractivity contribution in [1.29, 1.82) is 0 Å². The van der Waals surface area contributed by atoms with Crippen LogP contribution in [0.1, 0.15) is 6.92 Å². The lowest BCUT2D eigenvalue weighted by atomic mass is 10.0. The Bertz CT molecular complexity index is 144. The highest BCUT2D eigenvalue weighted by Crippen LogP contribution is 2.17. The van der Waals surface area contributed by atoms with Gasteiger partial charge in [0.15, 0.2) is 6.29 Å².